The number of esters is 1. The standard InChI is InChI=1S/C16H24BrNO3/c1-6-20-14(19)10-21-15-11(2)7-13(17)8-12(15)9-18-16(3,4)5/h7-8,18H,6,9-10H2,1-5H3. The van der Waals surface area contributed by atoms with E-state index in [-0.39, 0.29) is 18.1 Å². The van der Waals surface area contributed by atoms with Crippen LogP contribution in [-0.4, -0.2) is 24.7 Å². The fourth-order valence-electron chi connectivity index (χ4n) is 1.83. The van der Waals surface area contributed by atoms with Crippen molar-refractivity contribution < 1.29 is 14.3 Å². The highest BCUT2D eigenvalue weighted by Gasteiger charge is 2.15. The van der Waals surface area contributed by atoms with Crippen molar-refractivity contribution in [1.29, 1.82) is 0 Å². The second-order valence-electron chi connectivity index (χ2n) is 5.91. The van der Waals surface area contributed by atoms with Crippen LogP contribution in [0.2, 0.25) is 0 Å². The summed E-state index contributed by atoms with van der Waals surface area (Å²) in [6, 6.07) is 3.98. The van der Waals surface area contributed by atoms with Crippen LogP contribution in [0.3, 0.4) is 0 Å². The van der Waals surface area contributed by atoms with Gasteiger partial charge in [-0.2, -0.15) is 0 Å². The third kappa shape index (κ3) is 6.48. The molecule has 118 valence electrons. The molecule has 4 nitrogen and oxygen atoms in total. The van der Waals surface area contributed by atoms with Gasteiger partial charge in [-0.3, -0.25) is 0 Å². The number of nitrogens with one attached hydrogen (secondary N) is 1. The molecule has 0 fully saturated rings. The number of carbonyl (C=O) groups excluding carboxylic acids is 1. The van der Waals surface area contributed by atoms with Crippen molar-refractivity contribution in [1.82, 2.24) is 5.32 Å². The molecule has 0 atom stereocenters. The molecule has 0 heterocycles. The molecular formula is C16H24BrNO3. The van der Waals surface area contributed by atoms with E-state index in [0.717, 1.165) is 21.3 Å². The normalized spacial score (nSPS) is 11.3. The van der Waals surface area contributed by atoms with Gasteiger partial charge in [0.1, 0.15) is 5.75 Å². The highest BCUT2D eigenvalue weighted by Crippen LogP contribution is 2.28. The number of ether oxygens (including phenoxy) is 2. The van der Waals surface area contributed by atoms with E-state index in [0.29, 0.717) is 13.2 Å². The van der Waals surface area contributed by atoms with Gasteiger partial charge in [-0.05, 0) is 52.3 Å². The fraction of sp³-hybridized carbons (Fsp3) is 0.562. The molecule has 0 radical (unpaired) electrons. The van der Waals surface area contributed by atoms with Gasteiger partial charge in [0.15, 0.2) is 6.61 Å². The van der Waals surface area contributed by atoms with Gasteiger partial charge >= 0.3 is 5.97 Å². The van der Waals surface area contributed by atoms with Gasteiger partial charge in [-0.1, -0.05) is 15.9 Å². The average molecular weight is 358 g/mol. The molecule has 0 saturated carbocycles. The van der Waals surface area contributed by atoms with E-state index < -0.39 is 0 Å². The largest absolute Gasteiger partial charge is 0.481 e. The van der Waals surface area contributed by atoms with Crippen LogP contribution in [0, 0.1) is 6.92 Å². The molecule has 0 unspecified atom stereocenters. The van der Waals surface area contributed by atoms with Crippen molar-refractivity contribution in [3.63, 3.8) is 0 Å². The molecule has 1 N–H and O–H groups in total. The lowest BCUT2D eigenvalue weighted by Gasteiger charge is -2.22. The van der Waals surface area contributed by atoms with Crippen LogP contribution in [0.5, 0.6) is 5.75 Å². The summed E-state index contributed by atoms with van der Waals surface area (Å²) in [5.41, 5.74) is 2.01. The minimum absolute atomic E-state index is 0.00857. The van der Waals surface area contributed by atoms with Crippen molar-refractivity contribution in [3.05, 3.63) is 27.7 Å². The Kier molecular flexibility index (Phi) is 6.68. The molecule has 0 spiro atoms. The second kappa shape index (κ2) is 7.80. The summed E-state index contributed by atoms with van der Waals surface area (Å²) in [5, 5.41) is 3.43. The number of hydrogen-bond donors (Lipinski definition) is 1. The van der Waals surface area contributed by atoms with Crippen LogP contribution in [0.4, 0.5) is 0 Å². The summed E-state index contributed by atoms with van der Waals surface area (Å²) >= 11 is 3.50. The molecule has 1 aromatic rings. The second-order valence-corrected chi connectivity index (χ2v) is 6.82. The number of aryl methyl sites for hydroxylation is 1. The first-order chi connectivity index (χ1) is 9.73. The van der Waals surface area contributed by atoms with E-state index in [1.165, 1.54) is 0 Å². The average Bonchev–Trinajstić information content (AvgIpc) is 2.34. The molecule has 1 aromatic carbocycles. The minimum atomic E-state index is -0.352. The number of halogens is 1. The Morgan fingerprint density at radius 1 is 1.33 bits per heavy atom. The van der Waals surface area contributed by atoms with Crippen molar-refractivity contribution >= 4 is 21.9 Å². The van der Waals surface area contributed by atoms with Crippen molar-refractivity contribution in [2.45, 2.75) is 46.7 Å². The van der Waals surface area contributed by atoms with Crippen LogP contribution in [0.25, 0.3) is 0 Å². The van der Waals surface area contributed by atoms with E-state index in [1.807, 2.05) is 19.1 Å². The molecule has 5 heteroatoms. The molecule has 0 saturated heterocycles. The van der Waals surface area contributed by atoms with E-state index in [1.54, 1.807) is 6.92 Å². The predicted molar refractivity (Wildman–Crippen MR) is 87.6 cm³/mol. The third-order valence-electron chi connectivity index (χ3n) is 2.77. The third-order valence-corrected chi connectivity index (χ3v) is 3.22. The Balaban J connectivity index is 2.87. The number of hydrogen-bond acceptors (Lipinski definition) is 4. The Bertz CT molecular complexity index is 495. The maximum Gasteiger partial charge on any atom is 0.344 e. The summed E-state index contributed by atoms with van der Waals surface area (Å²) in [6.07, 6.45) is 0. The SMILES string of the molecule is CCOC(=O)COc1c(C)cc(Br)cc1CNC(C)(C)C. The summed E-state index contributed by atoms with van der Waals surface area (Å²) in [5.74, 6) is 0.387. The van der Waals surface area contributed by atoms with Gasteiger partial charge in [-0.25, -0.2) is 4.79 Å². The molecule has 0 aliphatic heterocycles. The topological polar surface area (TPSA) is 47.6 Å². The number of benzene rings is 1. The van der Waals surface area contributed by atoms with Crippen molar-refractivity contribution in [3.8, 4) is 5.75 Å². The molecule has 0 aliphatic rings. The van der Waals surface area contributed by atoms with Gasteiger partial charge in [0.25, 0.3) is 0 Å². The van der Waals surface area contributed by atoms with Gasteiger partial charge in [0.2, 0.25) is 0 Å². The zero-order chi connectivity index (χ0) is 16.0. The molecule has 1 rings (SSSR count). The highest BCUT2D eigenvalue weighted by atomic mass is 79.9. The Labute approximate surface area is 135 Å². The van der Waals surface area contributed by atoms with Crippen LogP contribution >= 0.6 is 15.9 Å². The van der Waals surface area contributed by atoms with Gasteiger partial charge in [0, 0.05) is 22.1 Å². The first kappa shape index (κ1) is 18.0. The van der Waals surface area contributed by atoms with Crippen molar-refractivity contribution in [2.24, 2.45) is 0 Å². The van der Waals surface area contributed by atoms with E-state index in [9.17, 15) is 4.79 Å². The Morgan fingerprint density at radius 2 is 2.00 bits per heavy atom. The van der Waals surface area contributed by atoms with Gasteiger partial charge < -0.3 is 14.8 Å². The summed E-state index contributed by atoms with van der Waals surface area (Å²) in [6.45, 7) is 11.0. The van der Waals surface area contributed by atoms with Crippen molar-refractivity contribution in [2.75, 3.05) is 13.2 Å². The number of rotatable bonds is 6. The van der Waals surface area contributed by atoms with E-state index in [4.69, 9.17) is 9.47 Å². The molecule has 0 aliphatic carbocycles. The van der Waals surface area contributed by atoms with Crippen LogP contribution in [0.15, 0.2) is 16.6 Å². The zero-order valence-corrected chi connectivity index (χ0v) is 15.0. The summed E-state index contributed by atoms with van der Waals surface area (Å²) in [7, 11) is 0. The lowest BCUT2D eigenvalue weighted by atomic mass is 10.1. The first-order valence-corrected chi connectivity index (χ1v) is 7.84. The highest BCUT2D eigenvalue weighted by molar-refractivity contribution is 9.10. The quantitative estimate of drug-likeness (QED) is 0.790. The summed E-state index contributed by atoms with van der Waals surface area (Å²) < 4.78 is 11.6. The zero-order valence-electron chi connectivity index (χ0n) is 13.4. The van der Waals surface area contributed by atoms with Crippen LogP contribution < -0.4 is 10.1 Å². The summed E-state index contributed by atoms with van der Waals surface area (Å²) in [4.78, 5) is 11.5. The number of carbonyl (C=O) groups is 1. The minimum Gasteiger partial charge on any atom is -0.481 e. The Hall–Kier alpha value is -1.07. The van der Waals surface area contributed by atoms with Gasteiger partial charge in [0.05, 0.1) is 6.61 Å². The lowest BCUT2D eigenvalue weighted by Crippen LogP contribution is -2.35. The maximum absolute atomic E-state index is 11.5. The lowest BCUT2D eigenvalue weighted by molar-refractivity contribution is -0.145. The van der Waals surface area contributed by atoms with Crippen LogP contribution in [-0.2, 0) is 16.1 Å². The van der Waals surface area contributed by atoms with E-state index >= 15 is 0 Å². The van der Waals surface area contributed by atoms with Crippen LogP contribution in [0.1, 0.15) is 38.8 Å². The molecule has 0 amide bonds. The first-order valence-electron chi connectivity index (χ1n) is 7.05. The maximum atomic E-state index is 11.5. The monoisotopic (exact) mass is 357 g/mol. The van der Waals surface area contributed by atoms with Gasteiger partial charge in [-0.15, -0.1) is 0 Å². The smallest absolute Gasteiger partial charge is 0.344 e. The molecular weight excluding hydrogens is 334 g/mol. The molecule has 0 aromatic heterocycles. The Morgan fingerprint density at radius 3 is 2.57 bits per heavy atom. The molecule has 0 bridgehead atoms. The predicted octanol–water partition coefficient (Wildman–Crippen LogP) is 3.59. The molecule has 21 heavy (non-hydrogen) atoms. The van der Waals surface area contributed by atoms with E-state index in [2.05, 4.69) is 42.0 Å². The fourth-order valence-corrected chi connectivity index (χ4v) is 2.45.